The third-order valence-electron chi connectivity index (χ3n) is 5.39. The number of carbonyl (C=O) groups is 1. The minimum absolute atomic E-state index is 0.248. The van der Waals surface area contributed by atoms with E-state index in [9.17, 15) is 4.79 Å². The molecule has 1 aromatic heterocycles. The molecule has 1 fully saturated rings. The van der Waals surface area contributed by atoms with Gasteiger partial charge in [-0.25, -0.2) is 4.98 Å². The molecule has 150 valence electrons. The average Bonchev–Trinajstić information content (AvgIpc) is 2.71. The Morgan fingerprint density at radius 3 is 2.57 bits per heavy atom. The number of aryl methyl sites for hydroxylation is 1. The summed E-state index contributed by atoms with van der Waals surface area (Å²) in [6.07, 6.45) is 3.04. The van der Waals surface area contributed by atoms with Crippen LogP contribution in [-0.2, 0) is 4.79 Å². The van der Waals surface area contributed by atoms with Crippen LogP contribution in [0.15, 0.2) is 30.5 Å². The van der Waals surface area contributed by atoms with Crippen molar-refractivity contribution >= 4 is 29.1 Å². The molecule has 2 heterocycles. The number of aliphatic carboxylic acids is 1. The Labute approximate surface area is 166 Å². The molecule has 0 bridgehead atoms. The first-order chi connectivity index (χ1) is 13.5. The predicted octanol–water partition coefficient (Wildman–Crippen LogP) is 3.68. The molecule has 0 radical (unpaired) electrons. The molecule has 1 aliphatic heterocycles. The van der Waals surface area contributed by atoms with Gasteiger partial charge < -0.3 is 20.2 Å². The van der Waals surface area contributed by atoms with Gasteiger partial charge >= 0.3 is 5.97 Å². The molecule has 2 aromatic rings. The minimum atomic E-state index is -0.701. The highest BCUT2D eigenvalue weighted by Gasteiger charge is 2.25. The molecule has 1 aliphatic rings. The van der Waals surface area contributed by atoms with Crippen molar-refractivity contribution < 1.29 is 9.90 Å². The number of carboxylic acid groups (broad SMARTS) is 1. The van der Waals surface area contributed by atoms with Gasteiger partial charge in [0, 0.05) is 43.8 Å². The fourth-order valence-corrected chi connectivity index (χ4v) is 3.64. The first kappa shape index (κ1) is 19.9. The molecule has 0 atom stereocenters. The van der Waals surface area contributed by atoms with Gasteiger partial charge in [-0.05, 0) is 63.4 Å². The Morgan fingerprint density at radius 2 is 1.96 bits per heavy atom. The Hall–Kier alpha value is -2.83. The van der Waals surface area contributed by atoms with Crippen LogP contribution >= 0.6 is 0 Å². The van der Waals surface area contributed by atoms with E-state index in [0.717, 1.165) is 30.2 Å². The van der Waals surface area contributed by atoms with E-state index in [2.05, 4.69) is 64.1 Å². The number of benzene rings is 1. The van der Waals surface area contributed by atoms with E-state index in [0.29, 0.717) is 31.9 Å². The van der Waals surface area contributed by atoms with Gasteiger partial charge in [-0.2, -0.15) is 4.98 Å². The summed E-state index contributed by atoms with van der Waals surface area (Å²) in [7, 11) is 0. The second kappa shape index (κ2) is 8.91. The van der Waals surface area contributed by atoms with E-state index in [1.165, 1.54) is 5.69 Å². The minimum Gasteiger partial charge on any atom is -0.481 e. The summed E-state index contributed by atoms with van der Waals surface area (Å²) in [6, 6.07) is 8.23. The molecule has 1 saturated heterocycles. The number of hydrogen-bond acceptors (Lipinski definition) is 6. The molecule has 0 saturated carbocycles. The number of nitrogens with zero attached hydrogens (tertiary/aromatic N) is 4. The molecule has 2 N–H and O–H groups in total. The molecule has 1 aromatic carbocycles. The molecule has 0 spiro atoms. The van der Waals surface area contributed by atoms with Crippen molar-refractivity contribution in [2.24, 2.45) is 5.92 Å². The van der Waals surface area contributed by atoms with Crippen molar-refractivity contribution in [2.45, 2.75) is 33.6 Å². The highest BCUT2D eigenvalue weighted by molar-refractivity contribution is 5.70. The lowest BCUT2D eigenvalue weighted by molar-refractivity contribution is -0.142. The molecule has 0 aliphatic carbocycles. The normalized spacial score (nSPS) is 14.8. The number of rotatable bonds is 7. The van der Waals surface area contributed by atoms with E-state index in [-0.39, 0.29) is 5.92 Å². The second-order valence-electron chi connectivity index (χ2n) is 7.13. The zero-order chi connectivity index (χ0) is 20.1. The summed E-state index contributed by atoms with van der Waals surface area (Å²) in [5.74, 6) is 0.436. The van der Waals surface area contributed by atoms with Gasteiger partial charge in [0.1, 0.15) is 5.82 Å². The SMILES string of the molecule is CCN(CC)c1ccc(Nc2nccc(N3CCC(C(=O)O)CC3)n2)c(C)c1. The van der Waals surface area contributed by atoms with E-state index in [1.807, 2.05) is 6.07 Å². The maximum atomic E-state index is 11.1. The van der Waals surface area contributed by atoms with Gasteiger partial charge in [-0.3, -0.25) is 4.79 Å². The van der Waals surface area contributed by atoms with Crippen LogP contribution in [0.2, 0.25) is 0 Å². The van der Waals surface area contributed by atoms with E-state index < -0.39 is 5.97 Å². The monoisotopic (exact) mass is 383 g/mol. The molecule has 7 heteroatoms. The zero-order valence-electron chi connectivity index (χ0n) is 16.9. The maximum absolute atomic E-state index is 11.1. The molecule has 0 amide bonds. The lowest BCUT2D eigenvalue weighted by atomic mass is 9.97. The van der Waals surface area contributed by atoms with Crippen LogP contribution in [0.3, 0.4) is 0 Å². The summed E-state index contributed by atoms with van der Waals surface area (Å²) >= 11 is 0. The summed E-state index contributed by atoms with van der Waals surface area (Å²) < 4.78 is 0. The van der Waals surface area contributed by atoms with Gasteiger partial charge in [-0.1, -0.05) is 0 Å². The average molecular weight is 383 g/mol. The molecule has 0 unspecified atom stereocenters. The fraction of sp³-hybridized carbons (Fsp3) is 0.476. The summed E-state index contributed by atoms with van der Waals surface area (Å²) in [6.45, 7) is 9.75. The Bertz CT molecular complexity index is 814. The largest absolute Gasteiger partial charge is 0.481 e. The van der Waals surface area contributed by atoms with E-state index in [1.54, 1.807) is 6.20 Å². The van der Waals surface area contributed by atoms with E-state index >= 15 is 0 Å². The quantitative estimate of drug-likeness (QED) is 0.755. The Morgan fingerprint density at radius 1 is 1.25 bits per heavy atom. The van der Waals surface area contributed by atoms with Gasteiger partial charge in [0.15, 0.2) is 0 Å². The second-order valence-corrected chi connectivity index (χ2v) is 7.13. The third-order valence-corrected chi connectivity index (χ3v) is 5.39. The van der Waals surface area contributed by atoms with Crippen LogP contribution in [0.25, 0.3) is 0 Å². The lowest BCUT2D eigenvalue weighted by Gasteiger charge is -2.31. The molecule has 3 rings (SSSR count). The van der Waals surface area contributed by atoms with Crippen LogP contribution < -0.4 is 15.1 Å². The number of nitrogens with one attached hydrogen (secondary N) is 1. The van der Waals surface area contributed by atoms with Crippen molar-refractivity contribution in [3.05, 3.63) is 36.0 Å². The number of hydrogen-bond donors (Lipinski definition) is 2. The van der Waals surface area contributed by atoms with Crippen molar-refractivity contribution in [1.82, 2.24) is 9.97 Å². The lowest BCUT2D eigenvalue weighted by Crippen LogP contribution is -2.36. The molecular formula is C21H29N5O2. The van der Waals surface area contributed by atoms with Crippen LogP contribution in [0.1, 0.15) is 32.3 Å². The van der Waals surface area contributed by atoms with Crippen LogP contribution in [0, 0.1) is 12.8 Å². The zero-order valence-corrected chi connectivity index (χ0v) is 16.9. The predicted molar refractivity (Wildman–Crippen MR) is 113 cm³/mol. The standard InChI is InChI=1S/C21H29N5O2/c1-4-25(5-2)17-6-7-18(15(3)14-17)23-21-22-11-8-19(24-21)26-12-9-16(10-13-26)20(27)28/h6-8,11,14,16H,4-5,9-10,12-13H2,1-3H3,(H,27,28)(H,22,23,24). The number of aromatic nitrogens is 2. The molecule has 7 nitrogen and oxygen atoms in total. The number of anilines is 4. The van der Waals surface area contributed by atoms with Crippen molar-refractivity contribution in [2.75, 3.05) is 41.3 Å². The maximum Gasteiger partial charge on any atom is 0.306 e. The summed E-state index contributed by atoms with van der Waals surface area (Å²) in [5.41, 5.74) is 3.34. The van der Waals surface area contributed by atoms with Crippen LogP contribution in [-0.4, -0.2) is 47.2 Å². The highest BCUT2D eigenvalue weighted by atomic mass is 16.4. The van der Waals surface area contributed by atoms with Crippen LogP contribution in [0.5, 0.6) is 0 Å². The highest BCUT2D eigenvalue weighted by Crippen LogP contribution is 2.26. The Balaban J connectivity index is 1.70. The van der Waals surface area contributed by atoms with Gasteiger partial charge in [0.2, 0.25) is 5.95 Å². The van der Waals surface area contributed by atoms with E-state index in [4.69, 9.17) is 5.11 Å². The number of carboxylic acids is 1. The molecular weight excluding hydrogens is 354 g/mol. The van der Waals surface area contributed by atoms with Crippen LogP contribution in [0.4, 0.5) is 23.1 Å². The topological polar surface area (TPSA) is 81.6 Å². The third kappa shape index (κ3) is 4.52. The Kier molecular flexibility index (Phi) is 6.34. The fourth-order valence-electron chi connectivity index (χ4n) is 3.64. The van der Waals surface area contributed by atoms with Gasteiger partial charge in [0.25, 0.3) is 0 Å². The first-order valence-corrected chi connectivity index (χ1v) is 9.95. The van der Waals surface area contributed by atoms with Crippen molar-refractivity contribution in [3.8, 4) is 0 Å². The van der Waals surface area contributed by atoms with Crippen molar-refractivity contribution in [3.63, 3.8) is 0 Å². The summed E-state index contributed by atoms with van der Waals surface area (Å²) in [5, 5.41) is 12.5. The van der Waals surface area contributed by atoms with Gasteiger partial charge in [0.05, 0.1) is 5.92 Å². The molecule has 28 heavy (non-hydrogen) atoms. The smallest absolute Gasteiger partial charge is 0.306 e. The van der Waals surface area contributed by atoms with Crippen molar-refractivity contribution in [1.29, 1.82) is 0 Å². The van der Waals surface area contributed by atoms with Gasteiger partial charge in [-0.15, -0.1) is 0 Å². The number of piperidine rings is 1. The first-order valence-electron chi connectivity index (χ1n) is 9.95. The summed E-state index contributed by atoms with van der Waals surface area (Å²) in [4.78, 5) is 24.6.